The predicted octanol–water partition coefficient (Wildman–Crippen LogP) is 2.70. The number of benzene rings is 1. The highest BCUT2D eigenvalue weighted by Gasteiger charge is 2.44. The summed E-state index contributed by atoms with van der Waals surface area (Å²) in [6.45, 7) is 0. The van der Waals surface area contributed by atoms with Gasteiger partial charge in [-0.25, -0.2) is 0 Å². The first-order chi connectivity index (χ1) is 9.63. The quantitative estimate of drug-likeness (QED) is 0.785. The number of rotatable bonds is 7. The number of carbonyl (C=O) groups is 2. The summed E-state index contributed by atoms with van der Waals surface area (Å²) in [6.07, 6.45) is 2.57. The van der Waals surface area contributed by atoms with Gasteiger partial charge >= 0.3 is 5.97 Å². The van der Waals surface area contributed by atoms with Crippen LogP contribution in [-0.4, -0.2) is 30.5 Å². The molecule has 20 heavy (non-hydrogen) atoms. The molecule has 0 aliphatic heterocycles. The normalized spacial score (nSPS) is 15.4. The van der Waals surface area contributed by atoms with Gasteiger partial charge in [-0.2, -0.15) is 11.8 Å². The van der Waals surface area contributed by atoms with E-state index in [2.05, 4.69) is 5.32 Å². The van der Waals surface area contributed by atoms with Crippen LogP contribution in [0.15, 0.2) is 30.3 Å². The maximum Gasteiger partial charge on any atom is 0.306 e. The molecule has 1 N–H and O–H groups in total. The van der Waals surface area contributed by atoms with Crippen molar-refractivity contribution in [2.24, 2.45) is 5.41 Å². The summed E-state index contributed by atoms with van der Waals surface area (Å²) in [5.41, 5.74) is 0.888. The number of thioether (sulfide) groups is 1. The number of nitrogens with one attached hydrogen (secondary N) is 1. The Hall–Kier alpha value is -1.49. The molecular weight excluding hydrogens is 274 g/mol. The number of carbonyl (C=O) groups excluding carboxylic acids is 2. The number of methoxy groups -OCH3 is 1. The first-order valence-corrected chi connectivity index (χ1v) is 7.78. The second-order valence-electron chi connectivity index (χ2n) is 5.16. The lowest BCUT2D eigenvalue weighted by molar-refractivity contribution is -0.141. The molecule has 0 aromatic heterocycles. The monoisotopic (exact) mass is 293 g/mol. The van der Waals surface area contributed by atoms with Crippen molar-refractivity contribution in [3.63, 3.8) is 0 Å². The van der Waals surface area contributed by atoms with Crippen molar-refractivity contribution in [3.05, 3.63) is 30.3 Å². The lowest BCUT2D eigenvalue weighted by atomic mass is 10.1. The third-order valence-electron chi connectivity index (χ3n) is 3.40. The molecule has 1 aliphatic rings. The summed E-state index contributed by atoms with van der Waals surface area (Å²) in [6, 6.07) is 9.41. The average molecular weight is 293 g/mol. The molecule has 5 heteroatoms. The highest BCUT2D eigenvalue weighted by atomic mass is 32.2. The number of anilines is 1. The van der Waals surface area contributed by atoms with Crippen molar-refractivity contribution in [1.29, 1.82) is 0 Å². The molecule has 0 atom stereocenters. The van der Waals surface area contributed by atoms with E-state index in [9.17, 15) is 9.59 Å². The maximum absolute atomic E-state index is 11.8. The Morgan fingerprint density at radius 3 is 2.60 bits per heavy atom. The Kier molecular flexibility index (Phi) is 5.06. The molecule has 2 rings (SSSR count). The zero-order chi connectivity index (χ0) is 14.4. The van der Waals surface area contributed by atoms with E-state index in [0.29, 0.717) is 12.2 Å². The number of hydrogen-bond donors (Lipinski definition) is 1. The van der Waals surface area contributed by atoms with Crippen LogP contribution in [0.2, 0.25) is 0 Å². The lowest BCUT2D eigenvalue weighted by Gasteiger charge is -2.12. The van der Waals surface area contributed by atoms with E-state index in [4.69, 9.17) is 4.74 Å². The topological polar surface area (TPSA) is 55.4 Å². The van der Waals surface area contributed by atoms with Gasteiger partial charge in [-0.1, -0.05) is 18.2 Å². The van der Waals surface area contributed by atoms with Gasteiger partial charge in [-0.3, -0.25) is 9.59 Å². The minimum Gasteiger partial charge on any atom is -0.469 e. The molecular formula is C15H19NO3S. The largest absolute Gasteiger partial charge is 0.469 e. The number of ether oxygens (including phenoxy) is 1. The van der Waals surface area contributed by atoms with E-state index in [1.165, 1.54) is 7.11 Å². The molecule has 0 saturated heterocycles. The summed E-state index contributed by atoms with van der Waals surface area (Å²) < 4.78 is 4.71. The van der Waals surface area contributed by atoms with Gasteiger partial charge < -0.3 is 10.1 Å². The van der Waals surface area contributed by atoms with Crippen molar-refractivity contribution < 1.29 is 14.3 Å². The molecule has 1 saturated carbocycles. The molecule has 1 aromatic carbocycles. The van der Waals surface area contributed by atoms with Gasteiger partial charge in [-0.05, 0) is 36.1 Å². The van der Waals surface area contributed by atoms with Gasteiger partial charge in [0, 0.05) is 5.69 Å². The zero-order valence-corrected chi connectivity index (χ0v) is 12.4. The van der Waals surface area contributed by atoms with Crippen molar-refractivity contribution >= 4 is 29.3 Å². The van der Waals surface area contributed by atoms with Crippen molar-refractivity contribution in [3.8, 4) is 0 Å². The maximum atomic E-state index is 11.8. The fourth-order valence-electron chi connectivity index (χ4n) is 2.01. The van der Waals surface area contributed by atoms with E-state index >= 15 is 0 Å². The molecule has 0 heterocycles. The van der Waals surface area contributed by atoms with Crippen LogP contribution in [0, 0.1) is 5.41 Å². The molecule has 108 valence electrons. The van der Waals surface area contributed by atoms with Crippen LogP contribution in [0.25, 0.3) is 0 Å². The van der Waals surface area contributed by atoms with Crippen molar-refractivity contribution in [2.45, 2.75) is 19.3 Å². The van der Waals surface area contributed by atoms with Gasteiger partial charge in [0.2, 0.25) is 5.91 Å². The van der Waals surface area contributed by atoms with E-state index in [0.717, 1.165) is 24.3 Å². The fraction of sp³-hybridized carbons (Fsp3) is 0.467. The van der Waals surface area contributed by atoms with Crippen molar-refractivity contribution in [1.82, 2.24) is 0 Å². The number of hydrogen-bond acceptors (Lipinski definition) is 4. The summed E-state index contributed by atoms with van der Waals surface area (Å²) in [7, 11) is 1.42. The summed E-state index contributed by atoms with van der Waals surface area (Å²) in [5, 5.41) is 2.85. The number of amides is 1. The van der Waals surface area contributed by atoms with Crippen LogP contribution >= 0.6 is 11.8 Å². The Morgan fingerprint density at radius 1 is 1.30 bits per heavy atom. The third-order valence-corrected chi connectivity index (χ3v) is 4.69. The molecule has 0 unspecified atom stereocenters. The van der Waals surface area contributed by atoms with Crippen LogP contribution < -0.4 is 5.32 Å². The molecule has 1 fully saturated rings. The Labute approximate surface area is 123 Å². The standard InChI is InChI=1S/C15H19NO3S/c1-19-14(18)9-15(7-8-15)11-20-10-13(17)16-12-5-3-2-4-6-12/h2-6H,7-11H2,1H3,(H,16,17). The smallest absolute Gasteiger partial charge is 0.306 e. The fourth-order valence-corrected chi connectivity index (χ4v) is 3.19. The van der Waals surface area contributed by atoms with E-state index in [-0.39, 0.29) is 17.3 Å². The van der Waals surface area contributed by atoms with Crippen molar-refractivity contribution in [2.75, 3.05) is 23.9 Å². The Balaban J connectivity index is 1.68. The highest BCUT2D eigenvalue weighted by molar-refractivity contribution is 8.00. The van der Waals surface area contributed by atoms with E-state index in [1.807, 2.05) is 30.3 Å². The van der Waals surface area contributed by atoms with Crippen LogP contribution in [0.4, 0.5) is 5.69 Å². The molecule has 1 aliphatic carbocycles. The average Bonchev–Trinajstić information content (AvgIpc) is 3.19. The Bertz CT molecular complexity index is 471. The van der Waals surface area contributed by atoms with Gasteiger partial charge in [0.15, 0.2) is 0 Å². The first-order valence-electron chi connectivity index (χ1n) is 6.63. The second-order valence-corrected chi connectivity index (χ2v) is 6.15. The zero-order valence-electron chi connectivity index (χ0n) is 11.6. The molecule has 1 amide bonds. The highest BCUT2D eigenvalue weighted by Crippen LogP contribution is 2.51. The summed E-state index contributed by atoms with van der Waals surface area (Å²) in [4.78, 5) is 23.1. The third kappa shape index (κ3) is 4.56. The van der Waals surface area contributed by atoms with Gasteiger partial charge in [0.25, 0.3) is 0 Å². The lowest BCUT2D eigenvalue weighted by Crippen LogP contribution is -2.17. The second kappa shape index (κ2) is 6.79. The van der Waals surface area contributed by atoms with Crippen LogP contribution in [-0.2, 0) is 14.3 Å². The van der Waals surface area contributed by atoms with E-state index < -0.39 is 0 Å². The van der Waals surface area contributed by atoms with Crippen LogP contribution in [0.3, 0.4) is 0 Å². The minimum atomic E-state index is -0.156. The minimum absolute atomic E-state index is 0.00457. The number of para-hydroxylation sites is 1. The first kappa shape index (κ1) is 14.9. The van der Waals surface area contributed by atoms with E-state index in [1.54, 1.807) is 11.8 Å². The summed E-state index contributed by atoms with van der Waals surface area (Å²) in [5.74, 6) is 1.09. The van der Waals surface area contributed by atoms with Crippen LogP contribution in [0.1, 0.15) is 19.3 Å². The molecule has 0 spiro atoms. The Morgan fingerprint density at radius 2 is 2.00 bits per heavy atom. The number of esters is 1. The molecule has 0 radical (unpaired) electrons. The van der Waals surface area contributed by atoms with Gasteiger partial charge in [0.05, 0.1) is 19.3 Å². The SMILES string of the molecule is COC(=O)CC1(CSCC(=O)Nc2ccccc2)CC1. The predicted molar refractivity (Wildman–Crippen MR) is 80.7 cm³/mol. The van der Waals surface area contributed by atoms with Crippen LogP contribution in [0.5, 0.6) is 0 Å². The molecule has 0 bridgehead atoms. The summed E-state index contributed by atoms with van der Waals surface area (Å²) >= 11 is 1.58. The van der Waals surface area contributed by atoms with Gasteiger partial charge in [0.1, 0.15) is 0 Å². The van der Waals surface area contributed by atoms with Gasteiger partial charge in [-0.15, -0.1) is 0 Å². The molecule has 4 nitrogen and oxygen atoms in total. The molecule has 1 aromatic rings.